The number of carbonyl (C=O) groups excluding carboxylic acids is 1. The van der Waals surface area contributed by atoms with Crippen molar-refractivity contribution in [1.82, 2.24) is 15.5 Å². The van der Waals surface area contributed by atoms with Gasteiger partial charge in [0, 0.05) is 23.1 Å². The molecule has 0 unspecified atom stereocenters. The molecule has 6 heteroatoms. The molecule has 1 aromatic heterocycles. The van der Waals surface area contributed by atoms with Crippen molar-refractivity contribution in [3.8, 4) is 16.9 Å². The number of fused-ring (bicyclic) bond motifs is 1. The molecule has 1 heterocycles. The van der Waals surface area contributed by atoms with E-state index in [0.717, 1.165) is 40.4 Å². The Bertz CT molecular complexity index is 1230. The van der Waals surface area contributed by atoms with E-state index in [2.05, 4.69) is 15.5 Å². The molecular weight excluding hydrogens is 381 g/mol. The zero-order chi connectivity index (χ0) is 20.5. The van der Waals surface area contributed by atoms with Crippen LogP contribution in [0.15, 0.2) is 66.9 Å². The minimum Gasteiger partial charge on any atom is -0.490 e. The maximum Gasteiger partial charge on any atom is 0.251 e. The molecule has 3 aromatic carbocycles. The number of para-hydroxylation sites is 1. The summed E-state index contributed by atoms with van der Waals surface area (Å²) in [6.07, 6.45) is 3.90. The molecule has 4 aromatic rings. The first-order valence-electron chi connectivity index (χ1n) is 9.93. The Morgan fingerprint density at radius 1 is 1.13 bits per heavy atom. The normalized spacial score (nSPS) is 13.4. The van der Waals surface area contributed by atoms with Gasteiger partial charge in [-0.2, -0.15) is 5.10 Å². The molecule has 2 N–H and O–H groups in total. The van der Waals surface area contributed by atoms with Crippen LogP contribution in [0, 0.1) is 5.82 Å². The SMILES string of the molecule is O=C(NCc1cccc2cn[nH]c12)c1ccc(-c2cccc(F)c2)c(OC2CC2)c1. The van der Waals surface area contributed by atoms with Crippen LogP contribution in [0.5, 0.6) is 5.75 Å². The lowest BCUT2D eigenvalue weighted by Gasteiger charge is -2.14. The van der Waals surface area contributed by atoms with Gasteiger partial charge in [0.15, 0.2) is 0 Å². The minimum atomic E-state index is -0.306. The van der Waals surface area contributed by atoms with Crippen molar-refractivity contribution >= 4 is 16.8 Å². The molecule has 30 heavy (non-hydrogen) atoms. The number of amides is 1. The van der Waals surface area contributed by atoms with Gasteiger partial charge < -0.3 is 10.1 Å². The van der Waals surface area contributed by atoms with E-state index in [4.69, 9.17) is 4.74 Å². The van der Waals surface area contributed by atoms with E-state index in [1.165, 1.54) is 12.1 Å². The van der Waals surface area contributed by atoms with Gasteiger partial charge in [0.05, 0.1) is 17.8 Å². The summed E-state index contributed by atoms with van der Waals surface area (Å²) < 4.78 is 19.7. The second-order valence-corrected chi connectivity index (χ2v) is 7.47. The topological polar surface area (TPSA) is 67.0 Å². The van der Waals surface area contributed by atoms with E-state index in [0.29, 0.717) is 17.9 Å². The molecule has 5 rings (SSSR count). The Morgan fingerprint density at radius 2 is 2.00 bits per heavy atom. The van der Waals surface area contributed by atoms with Gasteiger partial charge in [-0.3, -0.25) is 9.89 Å². The van der Waals surface area contributed by atoms with Crippen LogP contribution in [0.3, 0.4) is 0 Å². The van der Waals surface area contributed by atoms with Crippen molar-refractivity contribution in [3.63, 3.8) is 0 Å². The zero-order valence-electron chi connectivity index (χ0n) is 16.2. The summed E-state index contributed by atoms with van der Waals surface area (Å²) in [5, 5.41) is 11.0. The molecule has 0 atom stereocenters. The lowest BCUT2D eigenvalue weighted by Crippen LogP contribution is -2.23. The Morgan fingerprint density at radius 3 is 2.83 bits per heavy atom. The molecule has 1 aliphatic rings. The van der Waals surface area contributed by atoms with E-state index in [-0.39, 0.29) is 17.8 Å². The highest BCUT2D eigenvalue weighted by atomic mass is 19.1. The molecule has 0 spiro atoms. The Hall–Kier alpha value is -3.67. The number of H-pyrrole nitrogens is 1. The lowest BCUT2D eigenvalue weighted by atomic mass is 10.0. The fourth-order valence-corrected chi connectivity index (χ4v) is 3.48. The Labute approximate surface area is 172 Å². The number of nitrogens with zero attached hydrogens (tertiary/aromatic N) is 1. The van der Waals surface area contributed by atoms with E-state index >= 15 is 0 Å². The van der Waals surface area contributed by atoms with Crippen LogP contribution in [0.25, 0.3) is 22.0 Å². The van der Waals surface area contributed by atoms with Crippen molar-refractivity contribution in [2.75, 3.05) is 0 Å². The maximum atomic E-state index is 13.7. The van der Waals surface area contributed by atoms with Crippen LogP contribution in [0.2, 0.25) is 0 Å². The van der Waals surface area contributed by atoms with Gasteiger partial charge in [-0.15, -0.1) is 0 Å². The van der Waals surface area contributed by atoms with Crippen molar-refractivity contribution in [3.05, 3.63) is 83.8 Å². The molecule has 1 fully saturated rings. The first-order valence-corrected chi connectivity index (χ1v) is 9.93. The standard InChI is InChI=1S/C24H20FN3O2/c25-19-6-2-3-15(11-19)21-10-7-16(12-22(21)30-20-8-9-20)24(29)26-13-17-4-1-5-18-14-27-28-23(17)18/h1-7,10-12,14,20H,8-9,13H2,(H,26,29)(H,27,28). The molecule has 1 aliphatic carbocycles. The molecular formula is C24H20FN3O2. The second-order valence-electron chi connectivity index (χ2n) is 7.47. The van der Waals surface area contributed by atoms with Gasteiger partial charge in [0.1, 0.15) is 11.6 Å². The summed E-state index contributed by atoms with van der Waals surface area (Å²) in [5.41, 5.74) is 3.88. The van der Waals surface area contributed by atoms with Crippen LogP contribution in [0.1, 0.15) is 28.8 Å². The quantitative estimate of drug-likeness (QED) is 0.486. The summed E-state index contributed by atoms with van der Waals surface area (Å²) in [4.78, 5) is 12.8. The molecule has 5 nitrogen and oxygen atoms in total. The van der Waals surface area contributed by atoms with Gasteiger partial charge in [0.2, 0.25) is 0 Å². The average molecular weight is 401 g/mol. The average Bonchev–Trinajstić information content (AvgIpc) is 3.44. The van der Waals surface area contributed by atoms with Crippen molar-refractivity contribution in [2.45, 2.75) is 25.5 Å². The molecule has 0 bridgehead atoms. The van der Waals surface area contributed by atoms with Gasteiger partial charge in [-0.1, -0.05) is 30.3 Å². The molecule has 0 saturated heterocycles. The number of aromatic nitrogens is 2. The summed E-state index contributed by atoms with van der Waals surface area (Å²) in [6.45, 7) is 0.378. The number of ether oxygens (including phenoxy) is 1. The van der Waals surface area contributed by atoms with Gasteiger partial charge in [0.25, 0.3) is 5.91 Å². The number of carbonyl (C=O) groups is 1. The van der Waals surface area contributed by atoms with E-state index < -0.39 is 0 Å². The van der Waals surface area contributed by atoms with Crippen molar-refractivity contribution in [1.29, 1.82) is 0 Å². The summed E-state index contributed by atoms with van der Waals surface area (Å²) in [6, 6.07) is 17.5. The number of hydrogen-bond acceptors (Lipinski definition) is 3. The summed E-state index contributed by atoms with van der Waals surface area (Å²) in [5.74, 6) is 0.101. The van der Waals surface area contributed by atoms with Crippen LogP contribution in [-0.2, 0) is 6.54 Å². The highest BCUT2D eigenvalue weighted by molar-refractivity contribution is 5.96. The molecule has 1 amide bonds. The first kappa shape index (κ1) is 18.4. The fraction of sp³-hybridized carbons (Fsp3) is 0.167. The minimum absolute atomic E-state index is 0.161. The third-order valence-corrected chi connectivity index (χ3v) is 5.20. The van der Waals surface area contributed by atoms with E-state index in [1.54, 1.807) is 24.4 Å². The van der Waals surface area contributed by atoms with Crippen LogP contribution in [0.4, 0.5) is 4.39 Å². The number of benzene rings is 3. The summed E-state index contributed by atoms with van der Waals surface area (Å²) >= 11 is 0. The molecule has 150 valence electrons. The largest absolute Gasteiger partial charge is 0.490 e. The fourth-order valence-electron chi connectivity index (χ4n) is 3.48. The van der Waals surface area contributed by atoms with Gasteiger partial charge in [-0.05, 0) is 54.3 Å². The van der Waals surface area contributed by atoms with Crippen molar-refractivity contribution < 1.29 is 13.9 Å². The lowest BCUT2D eigenvalue weighted by molar-refractivity contribution is 0.0950. The number of halogens is 1. The molecule has 1 saturated carbocycles. The number of nitrogens with one attached hydrogen (secondary N) is 2. The van der Waals surface area contributed by atoms with E-state index in [1.807, 2.05) is 30.3 Å². The number of aromatic amines is 1. The first-order chi connectivity index (χ1) is 14.7. The van der Waals surface area contributed by atoms with Gasteiger partial charge >= 0.3 is 0 Å². The third kappa shape index (κ3) is 3.76. The molecule has 0 aliphatic heterocycles. The highest BCUT2D eigenvalue weighted by Gasteiger charge is 2.25. The van der Waals surface area contributed by atoms with Gasteiger partial charge in [-0.25, -0.2) is 4.39 Å². The van der Waals surface area contributed by atoms with Crippen LogP contribution < -0.4 is 10.1 Å². The highest BCUT2D eigenvalue weighted by Crippen LogP contribution is 2.36. The smallest absolute Gasteiger partial charge is 0.251 e. The van der Waals surface area contributed by atoms with Crippen LogP contribution in [-0.4, -0.2) is 22.2 Å². The predicted molar refractivity (Wildman–Crippen MR) is 113 cm³/mol. The Kier molecular flexibility index (Phi) is 4.67. The third-order valence-electron chi connectivity index (χ3n) is 5.20. The predicted octanol–water partition coefficient (Wildman–Crippen LogP) is 4.84. The van der Waals surface area contributed by atoms with E-state index in [9.17, 15) is 9.18 Å². The monoisotopic (exact) mass is 401 g/mol. The maximum absolute atomic E-state index is 13.7. The number of rotatable bonds is 6. The van der Waals surface area contributed by atoms with Crippen LogP contribution >= 0.6 is 0 Å². The Balaban J connectivity index is 1.39. The molecule has 0 radical (unpaired) electrons. The zero-order valence-corrected chi connectivity index (χ0v) is 16.2. The number of hydrogen-bond donors (Lipinski definition) is 2. The van der Waals surface area contributed by atoms with Crippen molar-refractivity contribution in [2.24, 2.45) is 0 Å². The summed E-state index contributed by atoms with van der Waals surface area (Å²) in [7, 11) is 0. The second kappa shape index (κ2) is 7.63.